The molecule has 6 nitrogen and oxygen atoms in total. The zero-order valence-corrected chi connectivity index (χ0v) is 19.9. The molecule has 0 atom stereocenters. The van der Waals surface area contributed by atoms with E-state index in [0.29, 0.717) is 18.0 Å². The molecule has 0 spiro atoms. The van der Waals surface area contributed by atoms with Crippen LogP contribution in [0.1, 0.15) is 32.1 Å². The number of carbonyl (C=O) groups is 1. The highest BCUT2D eigenvalue weighted by Gasteiger charge is 2.39. The van der Waals surface area contributed by atoms with Crippen LogP contribution in [0.4, 0.5) is 14.9 Å². The summed E-state index contributed by atoms with van der Waals surface area (Å²) in [7, 11) is -2.76. The molecule has 0 aliphatic carbocycles. The Kier molecular flexibility index (Phi) is 5.94. The van der Waals surface area contributed by atoms with E-state index in [0.717, 1.165) is 33.8 Å². The van der Waals surface area contributed by atoms with Crippen LogP contribution in [0, 0.1) is 12.7 Å². The van der Waals surface area contributed by atoms with Crippen LogP contribution in [-0.2, 0) is 12.0 Å². The monoisotopic (exact) mass is 471 g/mol. The number of aryl methyl sites for hydroxylation is 1. The number of rotatable bonds is 4. The van der Waals surface area contributed by atoms with Crippen LogP contribution in [0.3, 0.4) is 0 Å². The molecule has 0 unspecified atom stereocenters. The summed E-state index contributed by atoms with van der Waals surface area (Å²) in [6.07, 6.45) is 1.38. The number of pyridine rings is 1. The Morgan fingerprint density at radius 1 is 1.18 bits per heavy atom. The Labute approximate surface area is 196 Å². The number of benzene rings is 2. The van der Waals surface area contributed by atoms with Gasteiger partial charge in [-0.2, -0.15) is 10.6 Å². The minimum Gasteiger partial charge on any atom is -0.334 e. The van der Waals surface area contributed by atoms with Crippen molar-refractivity contribution in [2.75, 3.05) is 17.7 Å². The summed E-state index contributed by atoms with van der Waals surface area (Å²) in [4.78, 5) is 20.0. The van der Waals surface area contributed by atoms with Crippen molar-refractivity contribution >= 4 is 22.3 Å². The smallest absolute Gasteiger partial charge is 0.322 e. The lowest BCUT2D eigenvalue weighted by atomic mass is 9.91. The number of fused-ring (bicyclic) bond motifs is 1. The molecule has 33 heavy (non-hydrogen) atoms. The molecular formula is C25H30FN3O3S. The van der Waals surface area contributed by atoms with Gasteiger partial charge in [0.2, 0.25) is 0 Å². The molecule has 0 saturated heterocycles. The van der Waals surface area contributed by atoms with E-state index in [1.54, 1.807) is 35.2 Å². The molecule has 2 heterocycles. The minimum absolute atomic E-state index is 0. The Morgan fingerprint density at radius 3 is 2.52 bits per heavy atom. The van der Waals surface area contributed by atoms with Crippen LogP contribution in [0.5, 0.6) is 0 Å². The topological polar surface area (TPSA) is 85.7 Å². The van der Waals surface area contributed by atoms with Gasteiger partial charge >= 0.3 is 6.03 Å². The van der Waals surface area contributed by atoms with E-state index in [1.165, 1.54) is 18.4 Å². The third kappa shape index (κ3) is 4.73. The number of halogens is 1. The third-order valence-corrected chi connectivity index (χ3v) is 7.05. The Hall–Kier alpha value is -2.94. The number of aromatic nitrogens is 1. The van der Waals surface area contributed by atoms with Gasteiger partial charge in [-0.1, -0.05) is 26.0 Å². The van der Waals surface area contributed by atoms with Crippen molar-refractivity contribution in [2.45, 2.75) is 37.6 Å². The number of anilines is 1. The largest absolute Gasteiger partial charge is 0.334 e. The summed E-state index contributed by atoms with van der Waals surface area (Å²) in [5, 5.41) is 2.94. The minimum atomic E-state index is -2.76. The normalized spacial score (nSPS) is 15.3. The van der Waals surface area contributed by atoms with Gasteiger partial charge in [-0.15, -0.1) is 0 Å². The number of amides is 2. The average molecular weight is 472 g/mol. The lowest BCUT2D eigenvalue weighted by Crippen LogP contribution is -2.41. The first kappa shape index (κ1) is 23.2. The first-order valence-corrected chi connectivity index (χ1v) is 12.6. The van der Waals surface area contributed by atoms with Gasteiger partial charge in [-0.05, 0) is 60.5 Å². The van der Waals surface area contributed by atoms with Crippen molar-refractivity contribution in [3.05, 3.63) is 77.2 Å². The van der Waals surface area contributed by atoms with Crippen LogP contribution in [0.2, 0.25) is 0 Å². The predicted molar refractivity (Wildman–Crippen MR) is 133 cm³/mol. The van der Waals surface area contributed by atoms with E-state index in [4.69, 9.17) is 4.98 Å². The van der Waals surface area contributed by atoms with Crippen molar-refractivity contribution in [3.8, 4) is 11.3 Å². The quantitative estimate of drug-likeness (QED) is 0.424. The first-order chi connectivity index (χ1) is 15.5. The number of hydrogen-bond donors (Lipinski definition) is 3. The fraction of sp³-hybridized carbons (Fsp3) is 0.280. The van der Waals surface area contributed by atoms with Gasteiger partial charge in [0.25, 0.3) is 0 Å². The first-order valence-electron chi connectivity index (χ1n) is 10.6. The van der Waals surface area contributed by atoms with E-state index in [-0.39, 0.29) is 18.7 Å². The molecule has 0 fully saturated rings. The Balaban J connectivity index is 0.00000324. The fourth-order valence-electron chi connectivity index (χ4n) is 4.11. The second-order valence-corrected chi connectivity index (χ2v) is 11.3. The SMILES string of the molecule is Cc1cc(F)ccc1-c1ccc2c(n1)C(C)(C)CN2C(=O)NCc1ccc(S(C)(O)O)cc1.[HH]. The molecule has 3 N–H and O–H groups in total. The molecule has 1 aliphatic rings. The molecule has 0 saturated carbocycles. The molecule has 176 valence electrons. The summed E-state index contributed by atoms with van der Waals surface area (Å²) in [5.74, 6) is -0.279. The number of nitrogens with zero attached hydrogens (tertiary/aromatic N) is 2. The fourth-order valence-corrected chi connectivity index (χ4v) is 4.76. The lowest BCUT2D eigenvalue weighted by molar-refractivity contribution is 0.245. The van der Waals surface area contributed by atoms with Crippen LogP contribution < -0.4 is 10.2 Å². The highest BCUT2D eigenvalue weighted by molar-refractivity contribution is 8.23. The van der Waals surface area contributed by atoms with Gasteiger partial charge in [0.05, 0.1) is 22.0 Å². The standard InChI is InChI=1S/C25H28FN3O3S.H2/c1-16-13-18(26)7-10-20(16)21-11-12-22-23(28-21)25(2,3)15-29(22)24(30)27-14-17-5-8-19(9-6-17)33(4,31)32;/h5-13,31-32H,14-15H2,1-4H3,(H,27,30);1H. The van der Waals surface area contributed by atoms with Crippen molar-refractivity contribution in [2.24, 2.45) is 0 Å². The summed E-state index contributed by atoms with van der Waals surface area (Å²) < 4.78 is 33.0. The van der Waals surface area contributed by atoms with Gasteiger partial charge in [0.15, 0.2) is 0 Å². The van der Waals surface area contributed by atoms with E-state index in [1.807, 2.05) is 19.1 Å². The van der Waals surface area contributed by atoms with Crippen molar-refractivity contribution < 1.29 is 19.7 Å². The van der Waals surface area contributed by atoms with Crippen molar-refractivity contribution in [3.63, 3.8) is 0 Å². The molecule has 0 radical (unpaired) electrons. The highest BCUT2D eigenvalue weighted by atomic mass is 32.3. The molecule has 2 amide bonds. The van der Waals surface area contributed by atoms with Crippen molar-refractivity contribution in [1.29, 1.82) is 0 Å². The van der Waals surface area contributed by atoms with Crippen LogP contribution in [0.25, 0.3) is 11.3 Å². The van der Waals surface area contributed by atoms with E-state index >= 15 is 0 Å². The molecule has 8 heteroatoms. The summed E-state index contributed by atoms with van der Waals surface area (Å²) in [6, 6.07) is 15.1. The van der Waals surface area contributed by atoms with Gasteiger partial charge in [-0.25, -0.2) is 14.2 Å². The number of nitrogens with one attached hydrogen (secondary N) is 1. The number of urea groups is 1. The Morgan fingerprint density at radius 2 is 1.88 bits per heavy atom. The maximum Gasteiger partial charge on any atom is 0.322 e. The highest BCUT2D eigenvalue weighted by Crippen LogP contribution is 2.44. The molecule has 1 aromatic heterocycles. The second-order valence-electron chi connectivity index (χ2n) is 9.13. The summed E-state index contributed by atoms with van der Waals surface area (Å²) >= 11 is 0. The molecule has 1 aliphatic heterocycles. The van der Waals surface area contributed by atoms with Crippen molar-refractivity contribution in [1.82, 2.24) is 10.3 Å². The van der Waals surface area contributed by atoms with E-state index in [2.05, 4.69) is 19.2 Å². The van der Waals surface area contributed by atoms with Gasteiger partial charge in [0, 0.05) is 31.8 Å². The van der Waals surface area contributed by atoms with E-state index < -0.39 is 10.6 Å². The lowest BCUT2D eigenvalue weighted by Gasteiger charge is -2.27. The average Bonchev–Trinajstić information content (AvgIpc) is 3.02. The molecule has 2 aromatic carbocycles. The zero-order valence-electron chi connectivity index (χ0n) is 19.1. The van der Waals surface area contributed by atoms with E-state index in [9.17, 15) is 18.3 Å². The molecule has 4 rings (SSSR count). The predicted octanol–water partition coefficient (Wildman–Crippen LogP) is 6.19. The number of carbonyl (C=O) groups excluding carboxylic acids is 1. The maximum absolute atomic E-state index is 13.5. The third-order valence-electron chi connectivity index (χ3n) is 5.88. The maximum atomic E-state index is 13.5. The summed E-state index contributed by atoms with van der Waals surface area (Å²) in [5.41, 5.74) is 4.53. The van der Waals surface area contributed by atoms with Gasteiger partial charge in [-0.3, -0.25) is 14.0 Å². The molecule has 3 aromatic rings. The Bertz CT molecular complexity index is 1210. The van der Waals surface area contributed by atoms with Crippen LogP contribution in [-0.4, -0.2) is 32.9 Å². The van der Waals surface area contributed by atoms with Gasteiger partial charge < -0.3 is 5.32 Å². The second kappa shape index (κ2) is 8.44. The van der Waals surface area contributed by atoms with Crippen LogP contribution in [0.15, 0.2) is 59.5 Å². The molecule has 0 bridgehead atoms. The molecular weight excluding hydrogens is 441 g/mol. The summed E-state index contributed by atoms with van der Waals surface area (Å²) in [6.45, 7) is 6.76. The number of hydrogen-bond acceptors (Lipinski definition) is 4. The van der Waals surface area contributed by atoms with Gasteiger partial charge in [0.1, 0.15) is 5.82 Å². The van der Waals surface area contributed by atoms with Crippen LogP contribution >= 0.6 is 10.6 Å². The zero-order chi connectivity index (χ0) is 24.0.